The summed E-state index contributed by atoms with van der Waals surface area (Å²) >= 11 is 0. The first-order valence-electron chi connectivity index (χ1n) is 7.84. The second-order valence-corrected chi connectivity index (χ2v) is 5.70. The van der Waals surface area contributed by atoms with Gasteiger partial charge in [0.2, 0.25) is 0 Å². The van der Waals surface area contributed by atoms with Gasteiger partial charge in [0, 0.05) is 19.2 Å². The third-order valence-electron chi connectivity index (χ3n) is 3.85. The van der Waals surface area contributed by atoms with E-state index in [9.17, 15) is 32.7 Å². The number of aromatic nitrogens is 2. The Morgan fingerprint density at radius 2 is 2.19 bits per heavy atom. The second kappa shape index (κ2) is 7.87. The highest BCUT2D eigenvalue weighted by Crippen LogP contribution is 2.29. The third kappa shape index (κ3) is 4.61. The molecule has 1 aromatic heterocycles. The number of nitrogens with zero attached hydrogens (tertiary/aromatic N) is 1. The van der Waals surface area contributed by atoms with Crippen LogP contribution in [0.4, 0.5) is 13.2 Å². The van der Waals surface area contributed by atoms with Crippen LogP contribution in [0, 0.1) is 0 Å². The standard InChI is InChI=1S/C15H18F3N3O5/c1-2-10-9(22)6-11(26-10)21-7-8(12(23)20-14(21)25)4-3-5-19-13(24)15(16,17)18/h3-4,7,9-11,22H,2,5-6H2,1H3,(H,19,24)(H,20,23,25)/b4-3+. The van der Waals surface area contributed by atoms with E-state index in [1.165, 1.54) is 12.3 Å². The number of aliphatic hydroxyl groups is 1. The topological polar surface area (TPSA) is 113 Å². The van der Waals surface area contributed by atoms with E-state index >= 15 is 0 Å². The Kier molecular flexibility index (Phi) is 6.03. The zero-order chi connectivity index (χ0) is 19.5. The number of aromatic amines is 1. The van der Waals surface area contributed by atoms with E-state index in [1.54, 1.807) is 5.32 Å². The van der Waals surface area contributed by atoms with Crippen molar-refractivity contribution in [3.8, 4) is 0 Å². The van der Waals surface area contributed by atoms with Gasteiger partial charge in [-0.2, -0.15) is 13.2 Å². The van der Waals surface area contributed by atoms with Gasteiger partial charge in [0.05, 0.1) is 17.8 Å². The van der Waals surface area contributed by atoms with Crippen molar-refractivity contribution in [1.29, 1.82) is 0 Å². The Labute approximate surface area is 145 Å². The van der Waals surface area contributed by atoms with Gasteiger partial charge < -0.3 is 15.2 Å². The molecular formula is C15H18F3N3O5. The Hall–Kier alpha value is -2.40. The molecule has 2 rings (SSSR count). The maximum atomic E-state index is 12.1. The van der Waals surface area contributed by atoms with Gasteiger partial charge in [-0.3, -0.25) is 19.1 Å². The van der Waals surface area contributed by atoms with Crippen LogP contribution in [0.5, 0.6) is 0 Å². The van der Waals surface area contributed by atoms with Gasteiger partial charge in [-0.1, -0.05) is 19.1 Å². The molecule has 3 unspecified atom stereocenters. The summed E-state index contributed by atoms with van der Waals surface area (Å²) in [6.45, 7) is 1.36. The van der Waals surface area contributed by atoms with E-state index in [0.717, 1.165) is 10.6 Å². The molecule has 2 heterocycles. The van der Waals surface area contributed by atoms with E-state index < -0.39 is 48.3 Å². The maximum absolute atomic E-state index is 12.1. The van der Waals surface area contributed by atoms with Crippen LogP contribution in [0.25, 0.3) is 6.08 Å². The lowest BCUT2D eigenvalue weighted by atomic mass is 10.1. The van der Waals surface area contributed by atoms with Gasteiger partial charge >= 0.3 is 17.8 Å². The summed E-state index contributed by atoms with van der Waals surface area (Å²) in [5.41, 5.74) is -1.48. The van der Waals surface area contributed by atoms with Crippen LogP contribution in [0.15, 0.2) is 21.9 Å². The first-order valence-corrected chi connectivity index (χ1v) is 7.84. The molecule has 144 valence electrons. The summed E-state index contributed by atoms with van der Waals surface area (Å²) < 4.78 is 42.9. The van der Waals surface area contributed by atoms with Gasteiger partial charge in [-0.25, -0.2) is 4.79 Å². The van der Waals surface area contributed by atoms with Crippen molar-refractivity contribution in [3.05, 3.63) is 38.7 Å². The molecule has 0 spiro atoms. The van der Waals surface area contributed by atoms with Crippen molar-refractivity contribution in [2.45, 2.75) is 44.4 Å². The fourth-order valence-electron chi connectivity index (χ4n) is 2.53. The number of hydrogen-bond acceptors (Lipinski definition) is 5. The van der Waals surface area contributed by atoms with Crippen molar-refractivity contribution in [2.75, 3.05) is 6.54 Å². The smallest absolute Gasteiger partial charge is 0.390 e. The highest BCUT2D eigenvalue weighted by Gasteiger charge is 2.38. The summed E-state index contributed by atoms with van der Waals surface area (Å²) in [5.74, 6) is -2.10. The molecule has 26 heavy (non-hydrogen) atoms. The molecule has 1 aliphatic heterocycles. The zero-order valence-electron chi connectivity index (χ0n) is 13.7. The molecule has 0 radical (unpaired) electrons. The molecule has 3 N–H and O–H groups in total. The predicted octanol–water partition coefficient (Wildman–Crippen LogP) is 0.287. The number of carbonyl (C=O) groups excluding carboxylic acids is 1. The number of aliphatic hydroxyl groups excluding tert-OH is 1. The molecule has 1 amide bonds. The predicted molar refractivity (Wildman–Crippen MR) is 84.2 cm³/mol. The first kappa shape index (κ1) is 19.9. The number of ether oxygens (including phenoxy) is 1. The van der Waals surface area contributed by atoms with Gasteiger partial charge in [-0.05, 0) is 6.42 Å². The number of halogens is 3. The molecule has 0 aromatic carbocycles. The molecule has 1 aromatic rings. The van der Waals surface area contributed by atoms with Crippen LogP contribution in [0.3, 0.4) is 0 Å². The van der Waals surface area contributed by atoms with Crippen LogP contribution in [0.1, 0.15) is 31.6 Å². The summed E-state index contributed by atoms with van der Waals surface area (Å²) in [7, 11) is 0. The number of carbonyl (C=O) groups is 1. The minimum Gasteiger partial charge on any atom is -0.390 e. The number of H-pyrrole nitrogens is 1. The molecule has 1 aliphatic rings. The molecule has 1 saturated heterocycles. The Balaban J connectivity index is 2.13. The van der Waals surface area contributed by atoms with Crippen LogP contribution in [-0.2, 0) is 9.53 Å². The lowest BCUT2D eigenvalue weighted by molar-refractivity contribution is -0.173. The molecule has 8 nitrogen and oxygen atoms in total. The minimum absolute atomic E-state index is 0.0103. The summed E-state index contributed by atoms with van der Waals surface area (Å²) in [4.78, 5) is 36.5. The lowest BCUT2D eigenvalue weighted by Crippen LogP contribution is -2.36. The molecule has 3 atom stereocenters. The van der Waals surface area contributed by atoms with Crippen molar-refractivity contribution >= 4 is 12.0 Å². The van der Waals surface area contributed by atoms with Crippen LogP contribution in [0.2, 0.25) is 0 Å². The van der Waals surface area contributed by atoms with Crippen LogP contribution >= 0.6 is 0 Å². The lowest BCUT2D eigenvalue weighted by Gasteiger charge is -2.15. The summed E-state index contributed by atoms with van der Waals surface area (Å²) in [6.07, 6.45) is -2.73. The Morgan fingerprint density at radius 3 is 2.77 bits per heavy atom. The molecule has 0 bridgehead atoms. The van der Waals surface area contributed by atoms with Gasteiger partial charge in [0.25, 0.3) is 5.56 Å². The highest BCUT2D eigenvalue weighted by atomic mass is 19.4. The van der Waals surface area contributed by atoms with E-state index in [0.29, 0.717) is 6.42 Å². The van der Waals surface area contributed by atoms with E-state index in [2.05, 4.69) is 4.98 Å². The van der Waals surface area contributed by atoms with Crippen LogP contribution < -0.4 is 16.6 Å². The van der Waals surface area contributed by atoms with Crippen LogP contribution in [-0.4, -0.2) is 45.5 Å². The number of alkyl halides is 3. The van der Waals surface area contributed by atoms with Crippen molar-refractivity contribution in [1.82, 2.24) is 14.9 Å². The summed E-state index contributed by atoms with van der Waals surface area (Å²) in [5, 5.41) is 11.5. The number of amides is 1. The molecular weight excluding hydrogens is 359 g/mol. The zero-order valence-corrected chi connectivity index (χ0v) is 13.7. The Morgan fingerprint density at radius 1 is 1.50 bits per heavy atom. The van der Waals surface area contributed by atoms with E-state index in [4.69, 9.17) is 4.74 Å². The normalized spacial score (nSPS) is 23.5. The SMILES string of the molecule is CCC1OC(n2cc(/C=C/CNC(=O)C(F)(F)F)c(=O)[nH]c2=O)CC1O. The number of rotatable bonds is 5. The van der Waals surface area contributed by atoms with Gasteiger partial charge in [0.1, 0.15) is 6.23 Å². The average Bonchev–Trinajstić information content (AvgIpc) is 2.92. The van der Waals surface area contributed by atoms with Gasteiger partial charge in [0.15, 0.2) is 0 Å². The van der Waals surface area contributed by atoms with Gasteiger partial charge in [-0.15, -0.1) is 0 Å². The molecule has 0 saturated carbocycles. The number of nitrogens with one attached hydrogen (secondary N) is 2. The summed E-state index contributed by atoms with van der Waals surface area (Å²) in [6, 6.07) is 0. The van der Waals surface area contributed by atoms with Crippen molar-refractivity contribution < 1.29 is 27.8 Å². The Bertz CT molecular complexity index is 799. The maximum Gasteiger partial charge on any atom is 0.471 e. The second-order valence-electron chi connectivity index (χ2n) is 5.70. The largest absolute Gasteiger partial charge is 0.471 e. The first-order chi connectivity index (χ1) is 12.1. The minimum atomic E-state index is -4.99. The fourth-order valence-corrected chi connectivity index (χ4v) is 2.53. The van der Waals surface area contributed by atoms with Crippen molar-refractivity contribution in [2.24, 2.45) is 0 Å². The number of hydrogen-bond donors (Lipinski definition) is 3. The average molecular weight is 377 g/mol. The molecule has 1 fully saturated rings. The van der Waals surface area contributed by atoms with E-state index in [1.807, 2.05) is 6.92 Å². The third-order valence-corrected chi connectivity index (χ3v) is 3.85. The van der Waals surface area contributed by atoms with E-state index in [-0.39, 0.29) is 12.0 Å². The highest BCUT2D eigenvalue weighted by molar-refractivity contribution is 5.81. The molecule has 11 heteroatoms. The fraction of sp³-hybridized carbons (Fsp3) is 0.533. The monoisotopic (exact) mass is 377 g/mol. The quantitative estimate of drug-likeness (QED) is 0.683. The van der Waals surface area contributed by atoms with Crippen molar-refractivity contribution in [3.63, 3.8) is 0 Å². The molecule has 0 aliphatic carbocycles.